The van der Waals surface area contributed by atoms with E-state index in [1.165, 1.54) is 7.11 Å². The van der Waals surface area contributed by atoms with Crippen molar-refractivity contribution in [1.29, 1.82) is 0 Å². The zero-order valence-corrected chi connectivity index (χ0v) is 13.3. The van der Waals surface area contributed by atoms with Gasteiger partial charge in [-0.2, -0.15) is 5.10 Å². The van der Waals surface area contributed by atoms with Crippen LogP contribution in [0, 0.1) is 0 Å². The molecule has 0 saturated carbocycles. The Morgan fingerprint density at radius 1 is 1.41 bits per heavy atom. The van der Waals surface area contributed by atoms with Gasteiger partial charge in [0.15, 0.2) is 0 Å². The highest BCUT2D eigenvalue weighted by Crippen LogP contribution is 2.07. The van der Waals surface area contributed by atoms with E-state index in [1.54, 1.807) is 6.20 Å². The van der Waals surface area contributed by atoms with E-state index < -0.39 is 6.04 Å². The first-order valence-corrected chi connectivity index (χ1v) is 6.76. The van der Waals surface area contributed by atoms with E-state index >= 15 is 0 Å². The molecule has 1 amide bonds. The molecule has 0 radical (unpaired) electrons. The van der Waals surface area contributed by atoms with E-state index in [0.717, 1.165) is 11.1 Å². The van der Waals surface area contributed by atoms with Crippen molar-refractivity contribution in [2.45, 2.75) is 19.1 Å². The van der Waals surface area contributed by atoms with Crippen LogP contribution in [0.15, 0.2) is 42.7 Å². The molecule has 1 atom stereocenters. The molecular weight excluding hydrogens is 304 g/mol. The Morgan fingerprint density at radius 3 is 2.86 bits per heavy atom. The van der Waals surface area contributed by atoms with Gasteiger partial charge in [-0.1, -0.05) is 24.3 Å². The molecule has 0 spiro atoms. The summed E-state index contributed by atoms with van der Waals surface area (Å²) in [6.45, 7) is 1.37. The maximum atomic E-state index is 11.7. The van der Waals surface area contributed by atoms with Gasteiger partial charge < -0.3 is 15.8 Å². The lowest BCUT2D eigenvalue weighted by Crippen LogP contribution is -2.43. The van der Waals surface area contributed by atoms with E-state index in [4.69, 9.17) is 10.5 Å². The molecule has 0 bridgehead atoms. The van der Waals surface area contributed by atoms with Gasteiger partial charge in [0.05, 0.1) is 13.2 Å². The van der Waals surface area contributed by atoms with Crippen LogP contribution in [0.2, 0.25) is 0 Å². The summed E-state index contributed by atoms with van der Waals surface area (Å²) in [5.74, 6) is -0.214. The van der Waals surface area contributed by atoms with Gasteiger partial charge in [-0.25, -0.2) is 0 Å². The highest BCUT2D eigenvalue weighted by molar-refractivity contribution is 5.85. The van der Waals surface area contributed by atoms with Crippen LogP contribution in [-0.2, 0) is 22.6 Å². The number of carbonyl (C=O) groups excluding carboxylic acids is 1. The summed E-state index contributed by atoms with van der Waals surface area (Å²) >= 11 is 0. The van der Waals surface area contributed by atoms with Crippen molar-refractivity contribution in [3.63, 3.8) is 0 Å². The Kier molecular flexibility index (Phi) is 7.59. The van der Waals surface area contributed by atoms with Gasteiger partial charge in [0, 0.05) is 26.0 Å². The van der Waals surface area contributed by atoms with Crippen molar-refractivity contribution in [1.82, 2.24) is 15.1 Å². The molecule has 1 aromatic heterocycles. The lowest BCUT2D eigenvalue weighted by atomic mass is 10.1. The third-order valence-electron chi connectivity index (χ3n) is 3.04. The van der Waals surface area contributed by atoms with E-state index in [0.29, 0.717) is 13.1 Å². The smallest absolute Gasteiger partial charge is 0.239 e. The molecule has 3 N–H and O–H groups in total. The molecule has 0 aliphatic heterocycles. The van der Waals surface area contributed by atoms with Gasteiger partial charge in [0.1, 0.15) is 6.04 Å². The number of halogens is 1. The number of rotatable bonds is 7. The summed E-state index contributed by atoms with van der Waals surface area (Å²) in [5.41, 5.74) is 7.82. The van der Waals surface area contributed by atoms with Crippen LogP contribution >= 0.6 is 12.4 Å². The fourth-order valence-corrected chi connectivity index (χ4v) is 1.99. The quantitative estimate of drug-likeness (QED) is 0.794. The summed E-state index contributed by atoms with van der Waals surface area (Å²) in [4.78, 5) is 11.7. The molecule has 1 heterocycles. The maximum Gasteiger partial charge on any atom is 0.239 e. The highest BCUT2D eigenvalue weighted by Gasteiger charge is 2.12. The highest BCUT2D eigenvalue weighted by atomic mass is 35.5. The Hall–Kier alpha value is -1.89. The number of hydrogen-bond acceptors (Lipinski definition) is 4. The first-order valence-electron chi connectivity index (χ1n) is 6.76. The standard InChI is InChI=1S/C15H20N4O2.ClH/c1-21-11-14(16)15(20)17-9-12-4-2-5-13(8-12)10-19-7-3-6-18-19;/h2-8,14H,9-11,16H2,1H3,(H,17,20);1H. The van der Waals surface area contributed by atoms with Gasteiger partial charge in [0.2, 0.25) is 5.91 Å². The monoisotopic (exact) mass is 324 g/mol. The second-order valence-corrected chi connectivity index (χ2v) is 4.80. The average molecular weight is 325 g/mol. The largest absolute Gasteiger partial charge is 0.383 e. The van der Waals surface area contributed by atoms with Crippen LogP contribution in [0.25, 0.3) is 0 Å². The molecule has 22 heavy (non-hydrogen) atoms. The zero-order valence-electron chi connectivity index (χ0n) is 12.4. The molecule has 7 heteroatoms. The summed E-state index contributed by atoms with van der Waals surface area (Å²) < 4.78 is 6.71. The lowest BCUT2D eigenvalue weighted by molar-refractivity contribution is -0.123. The van der Waals surface area contributed by atoms with Gasteiger partial charge in [0.25, 0.3) is 0 Å². The second-order valence-electron chi connectivity index (χ2n) is 4.80. The number of aromatic nitrogens is 2. The maximum absolute atomic E-state index is 11.7. The number of benzene rings is 1. The van der Waals surface area contributed by atoms with Crippen molar-refractivity contribution in [2.75, 3.05) is 13.7 Å². The van der Waals surface area contributed by atoms with Crippen LogP contribution in [-0.4, -0.2) is 35.4 Å². The van der Waals surface area contributed by atoms with Crippen LogP contribution in [0.3, 0.4) is 0 Å². The summed E-state index contributed by atoms with van der Waals surface area (Å²) in [6, 6.07) is 9.26. The van der Waals surface area contributed by atoms with Crippen LogP contribution in [0.1, 0.15) is 11.1 Å². The van der Waals surface area contributed by atoms with Crippen LogP contribution < -0.4 is 11.1 Å². The topological polar surface area (TPSA) is 82.2 Å². The van der Waals surface area contributed by atoms with Crippen molar-refractivity contribution in [3.8, 4) is 0 Å². The average Bonchev–Trinajstić information content (AvgIpc) is 2.98. The fraction of sp³-hybridized carbons (Fsp3) is 0.333. The molecular formula is C15H21ClN4O2. The van der Waals surface area contributed by atoms with Crippen molar-refractivity contribution in [3.05, 3.63) is 53.9 Å². The number of nitrogens with zero attached hydrogens (tertiary/aromatic N) is 2. The van der Waals surface area contributed by atoms with E-state index in [1.807, 2.05) is 41.2 Å². The molecule has 120 valence electrons. The number of nitrogens with one attached hydrogen (secondary N) is 1. The summed E-state index contributed by atoms with van der Waals surface area (Å²) in [6.07, 6.45) is 3.67. The summed E-state index contributed by atoms with van der Waals surface area (Å²) in [7, 11) is 1.52. The summed E-state index contributed by atoms with van der Waals surface area (Å²) in [5, 5.41) is 6.98. The molecule has 0 fully saturated rings. The predicted molar refractivity (Wildman–Crippen MR) is 86.7 cm³/mol. The first-order chi connectivity index (χ1) is 10.2. The van der Waals surface area contributed by atoms with Crippen molar-refractivity contribution >= 4 is 18.3 Å². The number of amides is 1. The molecule has 2 aromatic rings. The van der Waals surface area contributed by atoms with E-state index in [-0.39, 0.29) is 24.9 Å². The molecule has 2 rings (SSSR count). The minimum absolute atomic E-state index is 0. The SMILES string of the molecule is COCC(N)C(=O)NCc1cccc(Cn2cccn2)c1.Cl. The van der Waals surface area contributed by atoms with Crippen molar-refractivity contribution in [2.24, 2.45) is 5.73 Å². The number of ether oxygens (including phenoxy) is 1. The third kappa shape index (κ3) is 5.48. The normalized spacial score (nSPS) is 11.5. The van der Waals surface area contributed by atoms with E-state index in [2.05, 4.69) is 10.4 Å². The molecule has 6 nitrogen and oxygen atoms in total. The zero-order chi connectivity index (χ0) is 15.1. The Bertz CT molecular complexity index is 575. The number of hydrogen-bond donors (Lipinski definition) is 2. The van der Waals surface area contributed by atoms with Crippen molar-refractivity contribution < 1.29 is 9.53 Å². The van der Waals surface area contributed by atoms with Crippen LogP contribution in [0.4, 0.5) is 0 Å². The molecule has 1 aromatic carbocycles. The van der Waals surface area contributed by atoms with Gasteiger partial charge in [-0.3, -0.25) is 9.48 Å². The third-order valence-corrected chi connectivity index (χ3v) is 3.04. The Balaban J connectivity index is 0.00000242. The second kappa shape index (κ2) is 9.19. The first kappa shape index (κ1) is 18.2. The van der Waals surface area contributed by atoms with Gasteiger partial charge in [-0.05, 0) is 17.2 Å². The van der Waals surface area contributed by atoms with E-state index in [9.17, 15) is 4.79 Å². The molecule has 0 saturated heterocycles. The minimum Gasteiger partial charge on any atom is -0.383 e. The minimum atomic E-state index is -0.637. The molecule has 0 aliphatic rings. The predicted octanol–water partition coefficient (Wildman–Crippen LogP) is 0.943. The Labute approximate surface area is 136 Å². The lowest BCUT2D eigenvalue weighted by Gasteiger charge is -2.12. The number of nitrogens with two attached hydrogens (primary N) is 1. The number of methoxy groups -OCH3 is 1. The van der Waals surface area contributed by atoms with Gasteiger partial charge in [-0.15, -0.1) is 12.4 Å². The molecule has 1 unspecified atom stereocenters. The Morgan fingerprint density at radius 2 is 2.18 bits per heavy atom. The molecule has 0 aliphatic carbocycles. The number of carbonyl (C=O) groups is 1. The van der Waals surface area contributed by atoms with Crippen LogP contribution in [0.5, 0.6) is 0 Å². The van der Waals surface area contributed by atoms with Gasteiger partial charge >= 0.3 is 0 Å². The fourth-order valence-electron chi connectivity index (χ4n) is 1.99.